The van der Waals surface area contributed by atoms with E-state index in [1.165, 1.54) is 11.1 Å². The number of fused-ring (bicyclic) bond motifs is 1. The van der Waals surface area contributed by atoms with Crippen LogP contribution in [-0.4, -0.2) is 15.1 Å². The second-order valence-electron chi connectivity index (χ2n) is 12.8. The summed E-state index contributed by atoms with van der Waals surface area (Å²) in [6, 6.07) is 33.9. The minimum Gasteiger partial charge on any atom is -0.507 e. The molecule has 5 heteroatoms. The van der Waals surface area contributed by atoms with E-state index in [0.717, 1.165) is 39.0 Å². The quantitative estimate of drug-likeness (QED) is 0.183. The summed E-state index contributed by atoms with van der Waals surface area (Å²) in [5.74, 6) is 0.519. The Morgan fingerprint density at radius 2 is 1.33 bits per heavy atom. The Bertz CT molecular complexity index is 1910. The molecule has 6 aromatic rings. The first-order chi connectivity index (χ1) is 20.0. The molecule has 2 aromatic heterocycles. The molecule has 1 N–H and O–H groups in total. The van der Waals surface area contributed by atoms with Crippen molar-refractivity contribution in [2.75, 3.05) is 0 Å². The van der Waals surface area contributed by atoms with Gasteiger partial charge >= 0.3 is 0 Å². The first-order valence-corrected chi connectivity index (χ1v) is 14.3. The van der Waals surface area contributed by atoms with Gasteiger partial charge in [-0.3, -0.25) is 4.98 Å². The predicted molar refractivity (Wildman–Crippen MR) is 171 cm³/mol. The summed E-state index contributed by atoms with van der Waals surface area (Å²) in [6.45, 7) is 13.4. The maximum atomic E-state index is 10.5. The summed E-state index contributed by atoms with van der Waals surface area (Å²) in [6.07, 6.45) is 1.88. The SMILES string of the molecule is CC(C)(C)c1cc(C(C)(C)C)c(-c2cccc3oc(-c4ccccc4O)nc23)[c-]c1-c1cc(-c2ccccc2)ccn1.[Pt]. The maximum Gasteiger partial charge on any atom is 0.230 e. The van der Waals surface area contributed by atoms with Crippen LogP contribution < -0.4 is 0 Å². The maximum absolute atomic E-state index is 10.5. The average molecular weight is 747 g/mol. The van der Waals surface area contributed by atoms with Crippen LogP contribution in [-0.2, 0) is 31.9 Å². The molecule has 0 saturated heterocycles. The molecule has 2 heterocycles. The fraction of sp³-hybridized carbons (Fsp3) is 0.211. The molecule has 43 heavy (non-hydrogen) atoms. The average Bonchev–Trinajstić information content (AvgIpc) is 3.41. The Kier molecular flexibility index (Phi) is 8.20. The van der Waals surface area contributed by atoms with Gasteiger partial charge < -0.3 is 9.52 Å². The number of para-hydroxylation sites is 2. The molecule has 4 aromatic carbocycles. The Morgan fingerprint density at radius 3 is 2.02 bits per heavy atom. The fourth-order valence-electron chi connectivity index (χ4n) is 5.44. The van der Waals surface area contributed by atoms with Crippen LogP contribution in [0, 0.1) is 6.07 Å². The van der Waals surface area contributed by atoms with Gasteiger partial charge in [0.2, 0.25) is 5.89 Å². The van der Waals surface area contributed by atoms with Gasteiger partial charge in [0.1, 0.15) is 11.3 Å². The Labute approximate surface area is 268 Å². The van der Waals surface area contributed by atoms with Crippen LogP contribution in [0.1, 0.15) is 52.7 Å². The van der Waals surface area contributed by atoms with Gasteiger partial charge in [-0.15, -0.1) is 28.8 Å². The van der Waals surface area contributed by atoms with Gasteiger partial charge in [0.05, 0.1) is 11.1 Å². The molecular weight excluding hydrogens is 712 g/mol. The van der Waals surface area contributed by atoms with Crippen LogP contribution in [0.5, 0.6) is 5.75 Å². The van der Waals surface area contributed by atoms with E-state index in [0.29, 0.717) is 17.0 Å². The van der Waals surface area contributed by atoms with Crippen molar-refractivity contribution in [1.29, 1.82) is 0 Å². The number of hydrogen-bond donors (Lipinski definition) is 1. The standard InChI is InChI=1S/C38H35N2O2.Pt/c1-37(2,3)30-23-31(38(4,5)6)29(32-21-25(19-20-39-32)24-13-8-7-9-14-24)22-28(30)26-16-12-18-34-35(26)40-36(42-34)27-15-10-11-17-33(27)41;/h7-21,23,41H,1-6H3;/q-1;. The molecule has 0 fully saturated rings. The third-order valence-electron chi connectivity index (χ3n) is 7.64. The smallest absolute Gasteiger partial charge is 0.230 e. The third-order valence-corrected chi connectivity index (χ3v) is 7.64. The Balaban J connectivity index is 0.00000368. The zero-order chi connectivity index (χ0) is 29.6. The van der Waals surface area contributed by atoms with E-state index < -0.39 is 0 Å². The van der Waals surface area contributed by atoms with Crippen molar-refractivity contribution in [3.05, 3.63) is 114 Å². The molecule has 6 rings (SSSR count). The van der Waals surface area contributed by atoms with Gasteiger partial charge in [-0.1, -0.05) is 113 Å². The van der Waals surface area contributed by atoms with Gasteiger partial charge in [-0.2, -0.15) is 0 Å². The number of phenols is 1. The Morgan fingerprint density at radius 1 is 0.674 bits per heavy atom. The van der Waals surface area contributed by atoms with Crippen LogP contribution in [0.15, 0.2) is 102 Å². The molecule has 0 aliphatic heterocycles. The molecule has 4 nitrogen and oxygen atoms in total. The van der Waals surface area contributed by atoms with Crippen LogP contribution in [0.3, 0.4) is 0 Å². The number of oxazole rings is 1. The van der Waals surface area contributed by atoms with E-state index in [9.17, 15) is 5.11 Å². The monoisotopic (exact) mass is 746 g/mol. The first kappa shape index (κ1) is 30.4. The van der Waals surface area contributed by atoms with Crippen molar-refractivity contribution >= 4 is 11.1 Å². The number of hydrogen-bond acceptors (Lipinski definition) is 4. The number of phenolic OH excluding ortho intramolecular Hbond substituents is 1. The number of pyridine rings is 1. The molecule has 0 spiro atoms. The van der Waals surface area contributed by atoms with Gasteiger partial charge in [0.15, 0.2) is 0 Å². The number of aromatic hydroxyl groups is 1. The second-order valence-corrected chi connectivity index (χ2v) is 12.8. The minimum atomic E-state index is -0.171. The van der Waals surface area contributed by atoms with E-state index in [1.807, 2.05) is 36.5 Å². The van der Waals surface area contributed by atoms with Crippen molar-refractivity contribution in [3.63, 3.8) is 0 Å². The summed E-state index contributed by atoms with van der Waals surface area (Å²) in [5.41, 5.74) is 10.0. The normalized spacial score (nSPS) is 11.9. The van der Waals surface area contributed by atoms with Gasteiger partial charge in [0.25, 0.3) is 0 Å². The molecule has 0 unspecified atom stereocenters. The zero-order valence-corrected chi connectivity index (χ0v) is 27.6. The molecule has 0 bridgehead atoms. The number of benzene rings is 4. The van der Waals surface area contributed by atoms with Crippen molar-refractivity contribution in [2.45, 2.75) is 52.4 Å². The van der Waals surface area contributed by atoms with E-state index in [1.54, 1.807) is 12.1 Å². The molecule has 0 saturated carbocycles. The predicted octanol–water partition coefficient (Wildman–Crippen LogP) is 9.99. The zero-order valence-electron chi connectivity index (χ0n) is 25.3. The number of rotatable bonds is 4. The minimum absolute atomic E-state index is 0. The molecule has 0 atom stereocenters. The third kappa shape index (κ3) is 5.94. The first-order valence-electron chi connectivity index (χ1n) is 14.3. The summed E-state index contributed by atoms with van der Waals surface area (Å²) < 4.78 is 6.18. The topological polar surface area (TPSA) is 59.2 Å². The van der Waals surface area contributed by atoms with Crippen LogP contribution in [0.4, 0.5) is 0 Å². The second kappa shape index (κ2) is 11.6. The van der Waals surface area contributed by atoms with Crippen molar-refractivity contribution in [1.82, 2.24) is 9.97 Å². The molecule has 220 valence electrons. The van der Waals surface area contributed by atoms with E-state index in [-0.39, 0.29) is 37.6 Å². The fourth-order valence-corrected chi connectivity index (χ4v) is 5.44. The van der Waals surface area contributed by atoms with Gasteiger partial charge in [0, 0.05) is 33.0 Å². The molecule has 0 aliphatic carbocycles. The van der Waals surface area contributed by atoms with Crippen molar-refractivity contribution in [3.8, 4) is 50.7 Å². The van der Waals surface area contributed by atoms with Crippen LogP contribution >= 0.6 is 0 Å². The van der Waals surface area contributed by atoms with Crippen LogP contribution in [0.2, 0.25) is 0 Å². The number of aromatic nitrogens is 2. The molecule has 0 radical (unpaired) electrons. The molecular formula is C38H35N2O2Pt-. The van der Waals surface area contributed by atoms with E-state index in [2.05, 4.69) is 96.1 Å². The largest absolute Gasteiger partial charge is 0.507 e. The number of nitrogens with zero attached hydrogens (tertiary/aromatic N) is 2. The Hall–Kier alpha value is -4.01. The van der Waals surface area contributed by atoms with E-state index >= 15 is 0 Å². The van der Waals surface area contributed by atoms with E-state index in [4.69, 9.17) is 14.4 Å². The van der Waals surface area contributed by atoms with Gasteiger partial charge in [-0.25, -0.2) is 4.98 Å². The molecule has 0 aliphatic rings. The van der Waals surface area contributed by atoms with Crippen molar-refractivity contribution < 1.29 is 30.6 Å². The molecule has 0 amide bonds. The summed E-state index contributed by atoms with van der Waals surface area (Å²) in [7, 11) is 0. The van der Waals surface area contributed by atoms with Gasteiger partial charge in [-0.05, 0) is 46.2 Å². The van der Waals surface area contributed by atoms with Crippen molar-refractivity contribution in [2.24, 2.45) is 0 Å². The summed E-state index contributed by atoms with van der Waals surface area (Å²) >= 11 is 0. The van der Waals surface area contributed by atoms with Crippen LogP contribution in [0.25, 0.3) is 56.1 Å². The summed E-state index contributed by atoms with van der Waals surface area (Å²) in [4.78, 5) is 9.77. The summed E-state index contributed by atoms with van der Waals surface area (Å²) in [5, 5.41) is 10.5.